The second-order valence-electron chi connectivity index (χ2n) is 5.93. The Balaban J connectivity index is 2.03. The van der Waals surface area contributed by atoms with Gasteiger partial charge in [-0.15, -0.1) is 0 Å². The largest absolute Gasteiger partial charge is 0.361 e. The van der Waals surface area contributed by atoms with Gasteiger partial charge < -0.3 is 9.84 Å². The lowest BCUT2D eigenvalue weighted by atomic mass is 10.0. The number of hydrogen-bond donors (Lipinski definition) is 1. The molecule has 5 nitrogen and oxygen atoms in total. The number of aryl methyl sites for hydroxylation is 2. The number of rotatable bonds is 8. The van der Waals surface area contributed by atoms with Crippen LogP contribution in [-0.4, -0.2) is 35.6 Å². The number of hydrogen-bond acceptors (Lipinski definition) is 4. The molecule has 0 aliphatic heterocycles. The minimum absolute atomic E-state index is 0.00233. The number of benzene rings is 1. The fraction of sp³-hybridized carbons (Fsp3) is 0.474. The van der Waals surface area contributed by atoms with Gasteiger partial charge in [-0.1, -0.05) is 49.3 Å². The Morgan fingerprint density at radius 2 is 1.88 bits per heavy atom. The van der Waals surface area contributed by atoms with Crippen LogP contribution in [0.4, 0.5) is 0 Å². The summed E-state index contributed by atoms with van der Waals surface area (Å²) >= 11 is 0. The Hall–Kier alpha value is -2.14. The molecule has 0 spiro atoms. The molecule has 130 valence electrons. The predicted octanol–water partition coefficient (Wildman–Crippen LogP) is 3.03. The standard InChI is InChI=1S/C19H27N3O2/c1-5-22(6-2)18(16-10-8-7-9-11-16)13-20-19(23)12-17-14(3)21-24-15(17)4/h7-11,18H,5-6,12-13H2,1-4H3,(H,20,23). The van der Waals surface area contributed by atoms with E-state index in [0.717, 1.165) is 24.3 Å². The third-order valence-electron chi connectivity index (χ3n) is 4.45. The Morgan fingerprint density at radius 1 is 1.21 bits per heavy atom. The highest BCUT2D eigenvalue weighted by Crippen LogP contribution is 2.19. The van der Waals surface area contributed by atoms with Crippen molar-refractivity contribution in [2.24, 2.45) is 0 Å². The van der Waals surface area contributed by atoms with Crippen molar-refractivity contribution in [3.8, 4) is 0 Å². The zero-order valence-corrected chi connectivity index (χ0v) is 15.0. The average Bonchev–Trinajstić information content (AvgIpc) is 2.91. The summed E-state index contributed by atoms with van der Waals surface area (Å²) in [6.07, 6.45) is 0.306. The van der Waals surface area contributed by atoms with Gasteiger partial charge in [-0.2, -0.15) is 0 Å². The van der Waals surface area contributed by atoms with E-state index < -0.39 is 0 Å². The first-order valence-corrected chi connectivity index (χ1v) is 8.54. The topological polar surface area (TPSA) is 58.4 Å². The van der Waals surface area contributed by atoms with Crippen LogP contribution in [-0.2, 0) is 11.2 Å². The molecule has 1 heterocycles. The first-order chi connectivity index (χ1) is 11.6. The summed E-state index contributed by atoms with van der Waals surface area (Å²) in [5.41, 5.74) is 2.89. The second kappa shape index (κ2) is 8.64. The molecule has 1 N–H and O–H groups in total. The van der Waals surface area contributed by atoms with Gasteiger partial charge in [0, 0.05) is 12.1 Å². The van der Waals surface area contributed by atoms with E-state index in [1.54, 1.807) is 0 Å². The normalized spacial score (nSPS) is 12.4. The number of aromatic nitrogens is 1. The molecule has 0 saturated carbocycles. The van der Waals surface area contributed by atoms with E-state index in [4.69, 9.17) is 4.52 Å². The van der Waals surface area contributed by atoms with E-state index in [0.29, 0.717) is 18.7 Å². The van der Waals surface area contributed by atoms with Gasteiger partial charge in [0.25, 0.3) is 0 Å². The number of carbonyl (C=O) groups excluding carboxylic acids is 1. The predicted molar refractivity (Wildman–Crippen MR) is 94.8 cm³/mol. The van der Waals surface area contributed by atoms with Crippen molar-refractivity contribution in [1.82, 2.24) is 15.4 Å². The molecule has 1 aromatic heterocycles. The summed E-state index contributed by atoms with van der Waals surface area (Å²) in [4.78, 5) is 14.7. The fourth-order valence-electron chi connectivity index (χ4n) is 2.99. The highest BCUT2D eigenvalue weighted by molar-refractivity contribution is 5.79. The summed E-state index contributed by atoms with van der Waals surface area (Å²) in [5.74, 6) is 0.712. The SMILES string of the molecule is CCN(CC)C(CNC(=O)Cc1c(C)noc1C)c1ccccc1. The van der Waals surface area contributed by atoms with Crippen LogP contribution in [0.3, 0.4) is 0 Å². The maximum absolute atomic E-state index is 12.4. The first-order valence-electron chi connectivity index (χ1n) is 8.54. The summed E-state index contributed by atoms with van der Waals surface area (Å²) in [7, 11) is 0. The molecule has 0 aliphatic carbocycles. The van der Waals surface area contributed by atoms with Crippen molar-refractivity contribution in [2.45, 2.75) is 40.2 Å². The van der Waals surface area contributed by atoms with Crippen LogP contribution in [0.15, 0.2) is 34.9 Å². The summed E-state index contributed by atoms with van der Waals surface area (Å²) in [6.45, 7) is 10.5. The lowest BCUT2D eigenvalue weighted by Gasteiger charge is -2.30. The smallest absolute Gasteiger partial charge is 0.224 e. The van der Waals surface area contributed by atoms with Crippen molar-refractivity contribution in [1.29, 1.82) is 0 Å². The lowest BCUT2D eigenvalue weighted by Crippen LogP contribution is -2.38. The maximum atomic E-state index is 12.4. The van der Waals surface area contributed by atoms with Crippen molar-refractivity contribution >= 4 is 5.91 Å². The quantitative estimate of drug-likeness (QED) is 0.809. The summed E-state index contributed by atoms with van der Waals surface area (Å²) in [5, 5.41) is 6.98. The fourth-order valence-corrected chi connectivity index (χ4v) is 2.99. The molecular weight excluding hydrogens is 302 g/mol. The highest BCUT2D eigenvalue weighted by Gasteiger charge is 2.19. The number of amides is 1. The molecule has 24 heavy (non-hydrogen) atoms. The molecule has 0 saturated heterocycles. The molecule has 2 rings (SSSR count). The third kappa shape index (κ3) is 4.45. The highest BCUT2D eigenvalue weighted by atomic mass is 16.5. The third-order valence-corrected chi connectivity index (χ3v) is 4.45. The number of nitrogens with zero attached hydrogens (tertiary/aromatic N) is 2. The van der Waals surface area contributed by atoms with Gasteiger partial charge in [0.1, 0.15) is 5.76 Å². The van der Waals surface area contributed by atoms with Crippen molar-refractivity contribution in [3.05, 3.63) is 52.9 Å². The van der Waals surface area contributed by atoms with Gasteiger partial charge in [-0.05, 0) is 32.5 Å². The zero-order chi connectivity index (χ0) is 17.5. The Morgan fingerprint density at radius 3 is 2.42 bits per heavy atom. The van der Waals surface area contributed by atoms with Gasteiger partial charge in [0.15, 0.2) is 0 Å². The molecule has 1 unspecified atom stereocenters. The minimum atomic E-state index is -0.00233. The molecular formula is C19H27N3O2. The van der Waals surface area contributed by atoms with Crippen LogP contribution in [0.25, 0.3) is 0 Å². The molecule has 2 aromatic rings. The van der Waals surface area contributed by atoms with Crippen LogP contribution in [0, 0.1) is 13.8 Å². The van der Waals surface area contributed by atoms with Crippen LogP contribution in [0.1, 0.15) is 42.5 Å². The van der Waals surface area contributed by atoms with Crippen molar-refractivity contribution in [2.75, 3.05) is 19.6 Å². The first kappa shape index (κ1) is 18.2. The molecule has 0 bridgehead atoms. The average molecular weight is 329 g/mol. The molecule has 0 aliphatic rings. The molecule has 1 aromatic carbocycles. The zero-order valence-electron chi connectivity index (χ0n) is 15.0. The molecule has 1 amide bonds. The summed E-state index contributed by atoms with van der Waals surface area (Å²) < 4.78 is 5.13. The molecule has 0 fully saturated rings. The van der Waals surface area contributed by atoms with Crippen LogP contribution < -0.4 is 5.32 Å². The van der Waals surface area contributed by atoms with Gasteiger partial charge in [-0.3, -0.25) is 9.69 Å². The van der Waals surface area contributed by atoms with E-state index in [2.05, 4.69) is 41.4 Å². The number of nitrogens with one attached hydrogen (secondary N) is 1. The van der Waals surface area contributed by atoms with E-state index in [9.17, 15) is 4.79 Å². The number of carbonyl (C=O) groups is 1. The monoisotopic (exact) mass is 329 g/mol. The maximum Gasteiger partial charge on any atom is 0.224 e. The molecule has 5 heteroatoms. The van der Waals surface area contributed by atoms with Gasteiger partial charge in [0.2, 0.25) is 5.91 Å². The van der Waals surface area contributed by atoms with Crippen LogP contribution in [0.5, 0.6) is 0 Å². The van der Waals surface area contributed by atoms with Gasteiger partial charge >= 0.3 is 0 Å². The van der Waals surface area contributed by atoms with Crippen molar-refractivity contribution < 1.29 is 9.32 Å². The van der Waals surface area contributed by atoms with E-state index >= 15 is 0 Å². The Kier molecular flexibility index (Phi) is 6.55. The van der Waals surface area contributed by atoms with E-state index in [1.807, 2.05) is 32.0 Å². The minimum Gasteiger partial charge on any atom is -0.361 e. The van der Waals surface area contributed by atoms with Crippen LogP contribution in [0.2, 0.25) is 0 Å². The van der Waals surface area contributed by atoms with E-state index in [1.165, 1.54) is 5.56 Å². The van der Waals surface area contributed by atoms with Crippen molar-refractivity contribution in [3.63, 3.8) is 0 Å². The Labute approximate surface area is 144 Å². The lowest BCUT2D eigenvalue weighted by molar-refractivity contribution is -0.120. The molecule has 1 atom stereocenters. The number of likely N-dealkylation sites (N-methyl/N-ethyl adjacent to an activating group) is 1. The van der Waals surface area contributed by atoms with E-state index in [-0.39, 0.29) is 11.9 Å². The molecule has 0 radical (unpaired) electrons. The Bertz CT molecular complexity index is 628. The van der Waals surface area contributed by atoms with Gasteiger partial charge in [-0.25, -0.2) is 0 Å². The second-order valence-corrected chi connectivity index (χ2v) is 5.93. The van der Waals surface area contributed by atoms with Crippen LogP contribution >= 0.6 is 0 Å². The van der Waals surface area contributed by atoms with Gasteiger partial charge in [0.05, 0.1) is 18.2 Å². The summed E-state index contributed by atoms with van der Waals surface area (Å²) in [6, 6.07) is 10.5.